The highest BCUT2D eigenvalue weighted by atomic mass is 16.5. The highest BCUT2D eigenvalue weighted by molar-refractivity contribution is 4.88. The molecule has 1 aromatic rings. The molecule has 0 spiro atoms. The van der Waals surface area contributed by atoms with Crippen LogP contribution in [0.15, 0.2) is 6.20 Å². The largest absolute Gasteiger partial charge is 0.394 e. The molecule has 1 aromatic heterocycles. The first-order chi connectivity index (χ1) is 5.33. The summed E-state index contributed by atoms with van der Waals surface area (Å²) in [5.41, 5.74) is 0.779. The molecule has 0 saturated carbocycles. The van der Waals surface area contributed by atoms with E-state index in [4.69, 9.17) is 9.84 Å². The van der Waals surface area contributed by atoms with Gasteiger partial charge in [0.1, 0.15) is 5.69 Å². The van der Waals surface area contributed by atoms with Gasteiger partial charge in [0.15, 0.2) is 0 Å². The minimum atomic E-state index is 0.0419. The maximum atomic E-state index is 8.38. The SMILES string of the molecule is Cn1cc(COCCO)nn1. The van der Waals surface area contributed by atoms with E-state index >= 15 is 0 Å². The zero-order chi connectivity index (χ0) is 8.10. The van der Waals surface area contributed by atoms with Crippen molar-refractivity contribution in [2.75, 3.05) is 13.2 Å². The number of rotatable bonds is 4. The minimum Gasteiger partial charge on any atom is -0.394 e. The van der Waals surface area contributed by atoms with E-state index in [2.05, 4.69) is 10.3 Å². The molecule has 1 heterocycles. The molecule has 1 N–H and O–H groups in total. The Balaban J connectivity index is 2.27. The summed E-state index contributed by atoms with van der Waals surface area (Å²) in [4.78, 5) is 0. The first kappa shape index (κ1) is 8.16. The second kappa shape index (κ2) is 4.05. The first-order valence-corrected chi connectivity index (χ1v) is 3.36. The fourth-order valence-electron chi connectivity index (χ4n) is 0.703. The smallest absolute Gasteiger partial charge is 0.108 e. The summed E-state index contributed by atoms with van der Waals surface area (Å²) in [5, 5.41) is 15.9. The molecule has 1 rings (SSSR count). The molecule has 0 amide bonds. The predicted octanol–water partition coefficient (Wildman–Crippen LogP) is -0.676. The zero-order valence-corrected chi connectivity index (χ0v) is 6.40. The Labute approximate surface area is 64.6 Å². The van der Waals surface area contributed by atoms with Gasteiger partial charge in [-0.2, -0.15) is 0 Å². The molecule has 0 saturated heterocycles. The van der Waals surface area contributed by atoms with E-state index in [1.807, 2.05) is 0 Å². The summed E-state index contributed by atoms with van der Waals surface area (Å²) in [6, 6.07) is 0. The highest BCUT2D eigenvalue weighted by Gasteiger charge is 1.96. The van der Waals surface area contributed by atoms with Crippen LogP contribution in [-0.4, -0.2) is 33.3 Å². The molecule has 0 aromatic carbocycles. The number of hydrogen-bond acceptors (Lipinski definition) is 4. The first-order valence-electron chi connectivity index (χ1n) is 3.36. The predicted molar refractivity (Wildman–Crippen MR) is 37.7 cm³/mol. The van der Waals surface area contributed by atoms with Gasteiger partial charge in [0.25, 0.3) is 0 Å². The quantitative estimate of drug-likeness (QED) is 0.588. The Kier molecular flexibility index (Phi) is 3.00. The van der Waals surface area contributed by atoms with Gasteiger partial charge < -0.3 is 9.84 Å². The molecule has 5 nitrogen and oxygen atoms in total. The fourth-order valence-corrected chi connectivity index (χ4v) is 0.703. The average Bonchev–Trinajstić information content (AvgIpc) is 2.37. The van der Waals surface area contributed by atoms with Gasteiger partial charge in [-0.15, -0.1) is 5.10 Å². The molecule has 5 heteroatoms. The second-order valence-corrected chi connectivity index (χ2v) is 2.16. The van der Waals surface area contributed by atoms with Gasteiger partial charge in [-0.25, -0.2) is 0 Å². The lowest BCUT2D eigenvalue weighted by atomic mass is 10.5. The van der Waals surface area contributed by atoms with Crippen LogP contribution in [0.1, 0.15) is 5.69 Å². The molecule has 0 aliphatic carbocycles. The monoisotopic (exact) mass is 157 g/mol. The maximum absolute atomic E-state index is 8.38. The summed E-state index contributed by atoms with van der Waals surface area (Å²) in [6.07, 6.45) is 1.78. The van der Waals surface area contributed by atoms with Gasteiger partial charge in [-0.3, -0.25) is 4.68 Å². The van der Waals surface area contributed by atoms with Crippen LogP contribution in [0.2, 0.25) is 0 Å². The van der Waals surface area contributed by atoms with Crippen molar-refractivity contribution in [1.29, 1.82) is 0 Å². The third kappa shape index (κ3) is 2.65. The zero-order valence-electron chi connectivity index (χ0n) is 6.40. The van der Waals surface area contributed by atoms with Crippen LogP contribution in [0.4, 0.5) is 0 Å². The lowest BCUT2D eigenvalue weighted by molar-refractivity contribution is 0.0796. The Morgan fingerprint density at radius 1 is 1.73 bits per heavy atom. The van der Waals surface area contributed by atoms with Crippen LogP contribution in [0, 0.1) is 0 Å². The summed E-state index contributed by atoms with van der Waals surface area (Å²) >= 11 is 0. The molecule has 0 aliphatic heterocycles. The number of aryl methyl sites for hydroxylation is 1. The Hall–Kier alpha value is -0.940. The summed E-state index contributed by atoms with van der Waals surface area (Å²) in [7, 11) is 1.79. The van der Waals surface area contributed by atoms with E-state index in [-0.39, 0.29) is 6.61 Å². The number of nitrogens with zero attached hydrogens (tertiary/aromatic N) is 3. The van der Waals surface area contributed by atoms with Crippen LogP contribution in [-0.2, 0) is 18.4 Å². The third-order valence-corrected chi connectivity index (χ3v) is 1.14. The Bertz CT molecular complexity index is 211. The molecule has 62 valence electrons. The number of aliphatic hydroxyl groups excluding tert-OH is 1. The maximum Gasteiger partial charge on any atom is 0.108 e. The van der Waals surface area contributed by atoms with Crippen LogP contribution < -0.4 is 0 Å². The van der Waals surface area contributed by atoms with Crippen LogP contribution >= 0.6 is 0 Å². The molecule has 0 atom stereocenters. The lowest BCUT2D eigenvalue weighted by Crippen LogP contribution is -1.99. The van der Waals surface area contributed by atoms with E-state index in [0.29, 0.717) is 13.2 Å². The van der Waals surface area contributed by atoms with E-state index < -0.39 is 0 Å². The van der Waals surface area contributed by atoms with Crippen molar-refractivity contribution in [2.45, 2.75) is 6.61 Å². The summed E-state index contributed by atoms with van der Waals surface area (Å²) < 4.78 is 6.63. The van der Waals surface area contributed by atoms with Gasteiger partial charge in [0, 0.05) is 7.05 Å². The van der Waals surface area contributed by atoms with Crippen LogP contribution in [0.25, 0.3) is 0 Å². The normalized spacial score (nSPS) is 10.4. The number of ether oxygens (including phenoxy) is 1. The van der Waals surface area contributed by atoms with E-state index in [1.165, 1.54) is 0 Å². The standard InChI is InChI=1S/C6H11N3O2/c1-9-4-6(7-8-9)5-11-3-2-10/h4,10H,2-3,5H2,1H3. The van der Waals surface area contributed by atoms with Crippen molar-refractivity contribution in [3.8, 4) is 0 Å². The van der Waals surface area contributed by atoms with Crippen LogP contribution in [0.3, 0.4) is 0 Å². The molecule has 0 fully saturated rings. The van der Waals surface area contributed by atoms with Crippen molar-refractivity contribution < 1.29 is 9.84 Å². The fraction of sp³-hybridized carbons (Fsp3) is 0.667. The number of aliphatic hydroxyl groups is 1. The third-order valence-electron chi connectivity index (χ3n) is 1.14. The number of aromatic nitrogens is 3. The highest BCUT2D eigenvalue weighted by Crippen LogP contribution is 1.93. The van der Waals surface area contributed by atoms with Crippen molar-refractivity contribution in [3.63, 3.8) is 0 Å². The van der Waals surface area contributed by atoms with Gasteiger partial charge >= 0.3 is 0 Å². The van der Waals surface area contributed by atoms with E-state index in [9.17, 15) is 0 Å². The molecular formula is C6H11N3O2. The Morgan fingerprint density at radius 3 is 3.09 bits per heavy atom. The summed E-state index contributed by atoms with van der Waals surface area (Å²) in [6.45, 7) is 0.797. The van der Waals surface area contributed by atoms with Gasteiger partial charge in [-0.05, 0) is 0 Å². The topological polar surface area (TPSA) is 60.2 Å². The molecule has 0 radical (unpaired) electrons. The summed E-state index contributed by atoms with van der Waals surface area (Å²) in [5.74, 6) is 0. The molecule has 0 unspecified atom stereocenters. The minimum absolute atomic E-state index is 0.0419. The number of hydrogen-bond donors (Lipinski definition) is 1. The van der Waals surface area contributed by atoms with Crippen molar-refractivity contribution in [3.05, 3.63) is 11.9 Å². The van der Waals surface area contributed by atoms with Crippen molar-refractivity contribution in [1.82, 2.24) is 15.0 Å². The van der Waals surface area contributed by atoms with Gasteiger partial charge in [0.05, 0.1) is 26.0 Å². The average molecular weight is 157 g/mol. The Morgan fingerprint density at radius 2 is 2.55 bits per heavy atom. The molecule has 11 heavy (non-hydrogen) atoms. The lowest BCUT2D eigenvalue weighted by Gasteiger charge is -1.95. The van der Waals surface area contributed by atoms with Crippen molar-refractivity contribution in [2.24, 2.45) is 7.05 Å². The molecular weight excluding hydrogens is 146 g/mol. The van der Waals surface area contributed by atoms with Crippen molar-refractivity contribution >= 4 is 0 Å². The van der Waals surface area contributed by atoms with E-state index in [0.717, 1.165) is 5.69 Å². The molecule has 0 aliphatic rings. The van der Waals surface area contributed by atoms with Gasteiger partial charge in [-0.1, -0.05) is 5.21 Å². The van der Waals surface area contributed by atoms with Gasteiger partial charge in [0.2, 0.25) is 0 Å². The molecule has 0 bridgehead atoms. The van der Waals surface area contributed by atoms with Crippen LogP contribution in [0.5, 0.6) is 0 Å². The van der Waals surface area contributed by atoms with E-state index in [1.54, 1.807) is 17.9 Å². The second-order valence-electron chi connectivity index (χ2n) is 2.16.